The first-order valence-electron chi connectivity index (χ1n) is 7.71. The fraction of sp³-hybridized carbons (Fsp3) is 0.533. The SMILES string of the molecule is CCOC(=O)c1cnn2c1N[C@@H](c1cn(C)nc1C)C[C@H]2C(F)F. The number of ether oxygens (including phenoxy) is 1. The molecule has 3 heterocycles. The molecule has 0 aromatic carbocycles. The molecular weight excluding hydrogens is 320 g/mol. The lowest BCUT2D eigenvalue weighted by atomic mass is 9.97. The molecule has 0 saturated carbocycles. The average molecular weight is 339 g/mol. The van der Waals surface area contributed by atoms with Gasteiger partial charge in [-0.3, -0.25) is 4.68 Å². The van der Waals surface area contributed by atoms with Crippen molar-refractivity contribution in [2.24, 2.45) is 7.05 Å². The Morgan fingerprint density at radius 1 is 1.54 bits per heavy atom. The molecule has 2 aromatic rings. The summed E-state index contributed by atoms with van der Waals surface area (Å²) >= 11 is 0. The molecule has 1 aliphatic rings. The third-order valence-electron chi connectivity index (χ3n) is 4.11. The highest BCUT2D eigenvalue weighted by atomic mass is 19.3. The summed E-state index contributed by atoms with van der Waals surface area (Å²) in [5, 5.41) is 11.4. The number of aryl methyl sites for hydroxylation is 2. The molecule has 0 amide bonds. The minimum absolute atomic E-state index is 0.154. The number of anilines is 1. The van der Waals surface area contributed by atoms with Crippen LogP contribution in [0.4, 0.5) is 14.6 Å². The number of hydrogen-bond acceptors (Lipinski definition) is 5. The number of fused-ring (bicyclic) bond motifs is 1. The van der Waals surface area contributed by atoms with E-state index < -0.39 is 18.4 Å². The van der Waals surface area contributed by atoms with Gasteiger partial charge in [-0.1, -0.05) is 0 Å². The molecular formula is C15H19F2N5O2. The molecule has 0 bridgehead atoms. The smallest absolute Gasteiger partial charge is 0.343 e. The first-order chi connectivity index (χ1) is 11.4. The minimum atomic E-state index is -2.60. The fourth-order valence-corrected chi connectivity index (χ4v) is 3.06. The Labute approximate surface area is 137 Å². The molecule has 0 radical (unpaired) electrons. The van der Waals surface area contributed by atoms with Crippen molar-refractivity contribution in [1.29, 1.82) is 0 Å². The van der Waals surface area contributed by atoms with Crippen LogP contribution in [0.15, 0.2) is 12.4 Å². The van der Waals surface area contributed by atoms with E-state index in [1.54, 1.807) is 24.9 Å². The molecule has 0 aliphatic carbocycles. The zero-order valence-electron chi connectivity index (χ0n) is 13.7. The van der Waals surface area contributed by atoms with Gasteiger partial charge >= 0.3 is 5.97 Å². The second-order valence-corrected chi connectivity index (χ2v) is 5.75. The van der Waals surface area contributed by atoms with Crippen molar-refractivity contribution in [2.45, 2.75) is 38.8 Å². The van der Waals surface area contributed by atoms with Gasteiger partial charge in [0, 0.05) is 18.8 Å². The van der Waals surface area contributed by atoms with E-state index in [-0.39, 0.29) is 30.5 Å². The standard InChI is InChI=1S/C15H19F2N5O2/c1-4-24-15(23)9-6-18-22-12(13(16)17)5-11(19-14(9)22)10-7-21(3)20-8(10)2/h6-7,11-13,19H,4-5H2,1-3H3/t11-,12+/m1/s1. The van der Waals surface area contributed by atoms with Crippen molar-refractivity contribution in [2.75, 3.05) is 11.9 Å². The van der Waals surface area contributed by atoms with E-state index in [0.29, 0.717) is 0 Å². The van der Waals surface area contributed by atoms with Crippen molar-refractivity contribution in [1.82, 2.24) is 19.6 Å². The van der Waals surface area contributed by atoms with Crippen LogP contribution in [-0.2, 0) is 11.8 Å². The van der Waals surface area contributed by atoms with Gasteiger partial charge in [0.25, 0.3) is 6.43 Å². The third kappa shape index (κ3) is 2.74. The highest BCUT2D eigenvalue weighted by Gasteiger charge is 2.37. The maximum Gasteiger partial charge on any atom is 0.343 e. The Morgan fingerprint density at radius 2 is 2.29 bits per heavy atom. The number of esters is 1. The summed E-state index contributed by atoms with van der Waals surface area (Å²) in [5.41, 5.74) is 1.74. The second kappa shape index (κ2) is 6.21. The lowest BCUT2D eigenvalue weighted by Crippen LogP contribution is -2.31. The van der Waals surface area contributed by atoms with Gasteiger partial charge in [-0.2, -0.15) is 10.2 Å². The quantitative estimate of drug-likeness (QED) is 0.866. The van der Waals surface area contributed by atoms with Crippen LogP contribution < -0.4 is 5.32 Å². The average Bonchev–Trinajstić information content (AvgIpc) is 3.09. The molecule has 130 valence electrons. The molecule has 1 aliphatic heterocycles. The Morgan fingerprint density at radius 3 is 2.88 bits per heavy atom. The van der Waals surface area contributed by atoms with E-state index in [4.69, 9.17) is 4.74 Å². The van der Waals surface area contributed by atoms with Crippen LogP contribution in [0.1, 0.15) is 47.0 Å². The van der Waals surface area contributed by atoms with Crippen LogP contribution in [-0.4, -0.2) is 38.6 Å². The number of carbonyl (C=O) groups is 1. The molecule has 7 nitrogen and oxygen atoms in total. The lowest BCUT2D eigenvalue weighted by molar-refractivity contribution is 0.0521. The van der Waals surface area contributed by atoms with E-state index in [2.05, 4.69) is 15.5 Å². The summed E-state index contributed by atoms with van der Waals surface area (Å²) in [6.07, 6.45) is 0.626. The Balaban J connectivity index is 2.01. The van der Waals surface area contributed by atoms with Gasteiger partial charge in [-0.15, -0.1) is 0 Å². The topological polar surface area (TPSA) is 74.0 Å². The van der Waals surface area contributed by atoms with Crippen molar-refractivity contribution in [3.05, 3.63) is 29.2 Å². The zero-order valence-corrected chi connectivity index (χ0v) is 13.7. The number of carbonyl (C=O) groups excluding carboxylic acids is 1. The highest BCUT2D eigenvalue weighted by Crippen LogP contribution is 2.40. The monoisotopic (exact) mass is 339 g/mol. The number of hydrogen-bond donors (Lipinski definition) is 1. The molecule has 0 unspecified atom stereocenters. The Hall–Kier alpha value is -2.45. The molecule has 2 aromatic heterocycles. The van der Waals surface area contributed by atoms with Gasteiger partial charge in [0.05, 0.1) is 24.5 Å². The normalized spacial score (nSPS) is 19.9. The predicted octanol–water partition coefficient (Wildman–Crippen LogP) is 2.46. The molecule has 3 rings (SSSR count). The molecule has 24 heavy (non-hydrogen) atoms. The largest absolute Gasteiger partial charge is 0.462 e. The molecule has 0 fully saturated rings. The third-order valence-corrected chi connectivity index (χ3v) is 4.11. The summed E-state index contributed by atoms with van der Waals surface area (Å²) in [6.45, 7) is 3.71. The summed E-state index contributed by atoms with van der Waals surface area (Å²) in [5.74, 6) is -0.318. The Bertz CT molecular complexity index is 755. The van der Waals surface area contributed by atoms with Crippen LogP contribution in [0.3, 0.4) is 0 Å². The van der Waals surface area contributed by atoms with Crippen LogP contribution in [0, 0.1) is 6.92 Å². The van der Waals surface area contributed by atoms with Crippen LogP contribution in [0.25, 0.3) is 0 Å². The number of nitrogens with one attached hydrogen (secondary N) is 1. The van der Waals surface area contributed by atoms with Crippen molar-refractivity contribution in [3.63, 3.8) is 0 Å². The first-order valence-corrected chi connectivity index (χ1v) is 7.71. The van der Waals surface area contributed by atoms with Crippen LogP contribution >= 0.6 is 0 Å². The van der Waals surface area contributed by atoms with Gasteiger partial charge in [0.15, 0.2) is 0 Å². The first kappa shape index (κ1) is 16.4. The fourth-order valence-electron chi connectivity index (χ4n) is 3.06. The molecule has 1 N–H and O–H groups in total. The van der Waals surface area contributed by atoms with Gasteiger partial charge in [-0.05, 0) is 20.3 Å². The maximum absolute atomic E-state index is 13.5. The minimum Gasteiger partial charge on any atom is -0.462 e. The highest BCUT2D eigenvalue weighted by molar-refractivity contribution is 5.94. The second-order valence-electron chi connectivity index (χ2n) is 5.75. The van der Waals surface area contributed by atoms with Crippen molar-refractivity contribution < 1.29 is 18.3 Å². The number of rotatable bonds is 4. The number of aromatic nitrogens is 4. The van der Waals surface area contributed by atoms with E-state index in [1.807, 2.05) is 6.92 Å². The Kier molecular flexibility index (Phi) is 4.25. The zero-order chi connectivity index (χ0) is 17.4. The summed E-state index contributed by atoms with van der Waals surface area (Å²) in [7, 11) is 1.78. The van der Waals surface area contributed by atoms with Gasteiger partial charge in [0.2, 0.25) is 0 Å². The lowest BCUT2D eigenvalue weighted by Gasteiger charge is -2.32. The van der Waals surface area contributed by atoms with E-state index in [0.717, 1.165) is 11.3 Å². The number of nitrogens with zero attached hydrogens (tertiary/aromatic N) is 4. The maximum atomic E-state index is 13.5. The predicted molar refractivity (Wildman–Crippen MR) is 82.2 cm³/mol. The summed E-state index contributed by atoms with van der Waals surface area (Å²) in [6, 6.07) is -1.50. The van der Waals surface area contributed by atoms with Crippen molar-refractivity contribution >= 4 is 11.8 Å². The van der Waals surface area contributed by atoms with E-state index >= 15 is 0 Å². The number of halogens is 2. The summed E-state index contributed by atoms with van der Waals surface area (Å²) in [4.78, 5) is 12.0. The van der Waals surface area contributed by atoms with Crippen LogP contribution in [0.2, 0.25) is 0 Å². The summed E-state index contributed by atoms with van der Waals surface area (Å²) < 4.78 is 34.9. The van der Waals surface area contributed by atoms with Gasteiger partial charge in [-0.25, -0.2) is 18.3 Å². The van der Waals surface area contributed by atoms with Gasteiger partial charge in [0.1, 0.15) is 17.4 Å². The van der Waals surface area contributed by atoms with Crippen LogP contribution in [0.5, 0.6) is 0 Å². The van der Waals surface area contributed by atoms with E-state index in [1.165, 1.54) is 10.9 Å². The number of alkyl halides is 2. The molecule has 2 atom stereocenters. The molecule has 0 spiro atoms. The van der Waals surface area contributed by atoms with Gasteiger partial charge < -0.3 is 10.1 Å². The van der Waals surface area contributed by atoms with Crippen molar-refractivity contribution in [3.8, 4) is 0 Å². The molecule has 0 saturated heterocycles. The molecule has 9 heteroatoms. The van der Waals surface area contributed by atoms with E-state index in [9.17, 15) is 13.6 Å².